The zero-order valence-electron chi connectivity index (χ0n) is 22.9. The molecule has 208 valence electrons. The maximum absolute atomic E-state index is 14.0. The highest BCUT2D eigenvalue weighted by atomic mass is 35.5. The fraction of sp³-hybridized carbons (Fsp3) is 0.333. The fourth-order valence-electron chi connectivity index (χ4n) is 4.42. The molecule has 3 aromatic rings. The Hall–Kier alpha value is -3.36. The number of benzene rings is 3. The van der Waals surface area contributed by atoms with Crippen molar-refractivity contribution in [1.82, 2.24) is 10.2 Å². The molecule has 0 aliphatic carbocycles. The molecular weight excluding hydrogens is 534 g/mol. The maximum Gasteiger partial charge on any atom is 0.264 e. The highest BCUT2D eigenvalue weighted by molar-refractivity contribution is 7.92. The summed E-state index contributed by atoms with van der Waals surface area (Å²) in [4.78, 5) is 28.7. The van der Waals surface area contributed by atoms with Crippen molar-refractivity contribution < 1.29 is 18.0 Å². The molecule has 0 aromatic heterocycles. The number of hydrogen-bond acceptors (Lipinski definition) is 4. The molecule has 2 amide bonds. The molecule has 1 atom stereocenters. The molecule has 39 heavy (non-hydrogen) atoms. The molecule has 0 fully saturated rings. The Labute approximate surface area is 236 Å². The summed E-state index contributed by atoms with van der Waals surface area (Å²) in [5.41, 5.74) is 2.90. The van der Waals surface area contributed by atoms with Gasteiger partial charge in [-0.15, -0.1) is 0 Å². The van der Waals surface area contributed by atoms with Crippen LogP contribution in [0.2, 0.25) is 5.02 Å². The van der Waals surface area contributed by atoms with E-state index < -0.39 is 28.5 Å². The van der Waals surface area contributed by atoms with E-state index in [1.165, 1.54) is 17.0 Å². The van der Waals surface area contributed by atoms with E-state index in [1.54, 1.807) is 54.6 Å². The van der Waals surface area contributed by atoms with Gasteiger partial charge in [0.2, 0.25) is 11.8 Å². The predicted molar refractivity (Wildman–Crippen MR) is 156 cm³/mol. The summed E-state index contributed by atoms with van der Waals surface area (Å²) in [6, 6.07) is 19.7. The molecular formula is C30H36ClN3O4S. The Morgan fingerprint density at radius 2 is 1.54 bits per heavy atom. The number of nitrogens with one attached hydrogen (secondary N) is 1. The summed E-state index contributed by atoms with van der Waals surface area (Å²) in [6.07, 6.45) is 1.12. The number of amides is 2. The molecule has 1 N–H and O–H groups in total. The summed E-state index contributed by atoms with van der Waals surface area (Å²) < 4.78 is 28.9. The van der Waals surface area contributed by atoms with E-state index in [0.717, 1.165) is 27.4 Å². The third-order valence-corrected chi connectivity index (χ3v) is 8.35. The molecule has 9 heteroatoms. The molecule has 0 saturated heterocycles. The third-order valence-electron chi connectivity index (χ3n) is 6.31. The van der Waals surface area contributed by atoms with Crippen LogP contribution in [-0.4, -0.2) is 44.3 Å². The number of halogens is 1. The number of carbonyl (C=O) groups is 2. The van der Waals surface area contributed by atoms with Crippen LogP contribution in [0.5, 0.6) is 0 Å². The van der Waals surface area contributed by atoms with Gasteiger partial charge in [-0.3, -0.25) is 13.9 Å². The lowest BCUT2D eigenvalue weighted by Gasteiger charge is -2.33. The van der Waals surface area contributed by atoms with Gasteiger partial charge in [-0.05, 0) is 79.8 Å². The number of nitrogens with zero attached hydrogens (tertiary/aromatic N) is 2. The van der Waals surface area contributed by atoms with Crippen molar-refractivity contribution in [3.05, 3.63) is 94.5 Å². The number of rotatable bonds is 12. The molecule has 0 aliphatic rings. The predicted octanol–water partition coefficient (Wildman–Crippen LogP) is 5.49. The number of hydrogen-bond donors (Lipinski definition) is 1. The van der Waals surface area contributed by atoms with E-state index >= 15 is 0 Å². The molecule has 0 aliphatic heterocycles. The average Bonchev–Trinajstić information content (AvgIpc) is 2.91. The van der Waals surface area contributed by atoms with Gasteiger partial charge in [0.1, 0.15) is 12.6 Å². The molecule has 3 aromatic carbocycles. The van der Waals surface area contributed by atoms with Crippen molar-refractivity contribution >= 4 is 39.1 Å². The van der Waals surface area contributed by atoms with Crippen LogP contribution >= 0.6 is 11.6 Å². The van der Waals surface area contributed by atoms with Crippen LogP contribution in [0.25, 0.3) is 0 Å². The van der Waals surface area contributed by atoms with Crippen molar-refractivity contribution in [1.29, 1.82) is 0 Å². The summed E-state index contributed by atoms with van der Waals surface area (Å²) >= 11 is 6.06. The molecule has 0 bridgehead atoms. The Balaban J connectivity index is 2.06. The largest absolute Gasteiger partial charge is 0.354 e. The lowest BCUT2D eigenvalue weighted by molar-refractivity contribution is -0.140. The number of carbonyl (C=O) groups excluding carboxylic acids is 2. The highest BCUT2D eigenvalue weighted by Gasteiger charge is 2.33. The van der Waals surface area contributed by atoms with Crippen LogP contribution < -0.4 is 9.62 Å². The standard InChI is InChI=1S/C30H36ClN3O4S/c1-5-16-32-30(36)28(6-2)33(20-24-12-14-25(31)15-13-24)29(35)21-34(26-18-22(3)17-23(4)19-26)39(37,38)27-10-8-7-9-11-27/h7-15,17-19,28H,5-6,16,20-21H2,1-4H3,(H,32,36). The molecule has 7 nitrogen and oxygen atoms in total. The number of sulfonamides is 1. The van der Waals surface area contributed by atoms with Crippen LogP contribution in [0.3, 0.4) is 0 Å². The monoisotopic (exact) mass is 569 g/mol. The SMILES string of the molecule is CCCNC(=O)C(CC)N(Cc1ccc(Cl)cc1)C(=O)CN(c1cc(C)cc(C)c1)S(=O)(=O)c1ccccc1. The van der Waals surface area contributed by atoms with E-state index in [1.807, 2.05) is 33.8 Å². The summed E-state index contributed by atoms with van der Waals surface area (Å²) in [5, 5.41) is 3.44. The van der Waals surface area contributed by atoms with E-state index in [0.29, 0.717) is 23.7 Å². The molecule has 0 saturated carbocycles. The van der Waals surface area contributed by atoms with Gasteiger partial charge >= 0.3 is 0 Å². The van der Waals surface area contributed by atoms with Crippen LogP contribution in [0, 0.1) is 13.8 Å². The molecule has 1 unspecified atom stereocenters. The highest BCUT2D eigenvalue weighted by Crippen LogP contribution is 2.27. The number of anilines is 1. The normalized spacial score (nSPS) is 12.0. The van der Waals surface area contributed by atoms with Crippen LogP contribution in [0.1, 0.15) is 43.4 Å². The smallest absolute Gasteiger partial charge is 0.264 e. The van der Waals surface area contributed by atoms with Gasteiger partial charge in [-0.1, -0.05) is 61.8 Å². The Morgan fingerprint density at radius 3 is 2.10 bits per heavy atom. The molecule has 3 rings (SSSR count). The van der Waals surface area contributed by atoms with Crippen LogP contribution in [-0.2, 0) is 26.2 Å². The first-order valence-corrected chi connectivity index (χ1v) is 14.9. The van der Waals surface area contributed by atoms with Gasteiger partial charge in [0.15, 0.2) is 0 Å². The third kappa shape index (κ3) is 7.83. The van der Waals surface area contributed by atoms with Gasteiger partial charge in [0, 0.05) is 18.1 Å². The van der Waals surface area contributed by atoms with Gasteiger partial charge in [0.05, 0.1) is 10.6 Å². The molecule has 0 heterocycles. The van der Waals surface area contributed by atoms with E-state index in [4.69, 9.17) is 11.6 Å². The van der Waals surface area contributed by atoms with Gasteiger partial charge in [-0.2, -0.15) is 0 Å². The lowest BCUT2D eigenvalue weighted by atomic mass is 10.1. The maximum atomic E-state index is 14.0. The second kappa shape index (κ2) is 13.6. The van der Waals surface area contributed by atoms with E-state index in [9.17, 15) is 18.0 Å². The van der Waals surface area contributed by atoms with Gasteiger partial charge in [-0.25, -0.2) is 8.42 Å². The molecule has 0 radical (unpaired) electrons. The summed E-state index contributed by atoms with van der Waals surface area (Å²) in [7, 11) is -4.09. The van der Waals surface area contributed by atoms with Crippen molar-refractivity contribution in [3.8, 4) is 0 Å². The van der Waals surface area contributed by atoms with Gasteiger partial charge < -0.3 is 10.2 Å². The Bertz CT molecular complexity index is 1360. The topological polar surface area (TPSA) is 86.8 Å². The van der Waals surface area contributed by atoms with Crippen molar-refractivity contribution in [2.45, 2.75) is 58.0 Å². The zero-order chi connectivity index (χ0) is 28.6. The minimum absolute atomic E-state index is 0.0777. The fourth-order valence-corrected chi connectivity index (χ4v) is 5.96. The quantitative estimate of drug-likeness (QED) is 0.313. The van der Waals surface area contributed by atoms with E-state index in [2.05, 4.69) is 5.32 Å². The Kier molecular flexibility index (Phi) is 10.5. The van der Waals surface area contributed by atoms with Crippen molar-refractivity contribution in [2.24, 2.45) is 0 Å². The first-order valence-electron chi connectivity index (χ1n) is 13.0. The average molecular weight is 570 g/mol. The molecule has 0 spiro atoms. The van der Waals surface area contributed by atoms with E-state index in [-0.39, 0.29) is 17.3 Å². The first-order chi connectivity index (χ1) is 18.6. The van der Waals surface area contributed by atoms with Crippen LogP contribution in [0.4, 0.5) is 5.69 Å². The summed E-state index contributed by atoms with van der Waals surface area (Å²) in [6.45, 7) is 7.68. The lowest BCUT2D eigenvalue weighted by Crippen LogP contribution is -2.52. The minimum atomic E-state index is -4.09. The Morgan fingerprint density at radius 1 is 0.923 bits per heavy atom. The van der Waals surface area contributed by atoms with Crippen molar-refractivity contribution in [2.75, 3.05) is 17.4 Å². The summed E-state index contributed by atoms with van der Waals surface area (Å²) in [5.74, 6) is -0.757. The number of aryl methyl sites for hydroxylation is 2. The van der Waals surface area contributed by atoms with Crippen LogP contribution in [0.15, 0.2) is 77.7 Å². The van der Waals surface area contributed by atoms with Gasteiger partial charge in [0.25, 0.3) is 10.0 Å². The second-order valence-corrected chi connectivity index (χ2v) is 11.8. The zero-order valence-corrected chi connectivity index (χ0v) is 24.4. The first kappa shape index (κ1) is 30.2. The van der Waals surface area contributed by atoms with Crippen molar-refractivity contribution in [3.63, 3.8) is 0 Å². The minimum Gasteiger partial charge on any atom is -0.354 e. The second-order valence-electron chi connectivity index (χ2n) is 9.53.